The van der Waals surface area contributed by atoms with Crippen molar-refractivity contribution >= 4 is 0 Å². The lowest BCUT2D eigenvalue weighted by molar-refractivity contribution is 0.394. The number of aryl methyl sites for hydroxylation is 1. The van der Waals surface area contributed by atoms with Crippen molar-refractivity contribution < 1.29 is 0 Å². The van der Waals surface area contributed by atoms with Crippen molar-refractivity contribution in [1.82, 2.24) is 15.0 Å². The summed E-state index contributed by atoms with van der Waals surface area (Å²) in [4.78, 5) is 0. The maximum atomic E-state index is 5.56. The van der Waals surface area contributed by atoms with Gasteiger partial charge in [0.15, 0.2) is 0 Å². The van der Waals surface area contributed by atoms with E-state index in [0.29, 0.717) is 12.5 Å². The van der Waals surface area contributed by atoms with Gasteiger partial charge in [0.1, 0.15) is 0 Å². The highest BCUT2D eigenvalue weighted by atomic mass is 15.4. The molecule has 66 valence electrons. The average Bonchev–Trinajstić information content (AvgIpc) is 2.30. The molecular weight excluding hydrogens is 152 g/mol. The molecule has 2 N–H and O–H groups in total. The van der Waals surface area contributed by atoms with Gasteiger partial charge in [-0.15, -0.1) is 5.10 Å². The van der Waals surface area contributed by atoms with Crippen LogP contribution in [0.15, 0.2) is 0 Å². The van der Waals surface area contributed by atoms with E-state index in [0.717, 1.165) is 5.69 Å². The van der Waals surface area contributed by atoms with Crippen molar-refractivity contribution in [3.05, 3.63) is 11.4 Å². The molecule has 1 fully saturated rings. The van der Waals surface area contributed by atoms with Crippen LogP contribution in [0.4, 0.5) is 0 Å². The van der Waals surface area contributed by atoms with Gasteiger partial charge in [0, 0.05) is 19.5 Å². The third-order valence-electron chi connectivity index (χ3n) is 2.63. The SMILES string of the molecule is Cn1nnc(CN)c1C1CCC1. The van der Waals surface area contributed by atoms with Crippen LogP contribution in [0.25, 0.3) is 0 Å². The Balaban J connectivity index is 2.31. The lowest BCUT2D eigenvalue weighted by Gasteiger charge is -2.25. The van der Waals surface area contributed by atoms with Gasteiger partial charge in [0.05, 0.1) is 11.4 Å². The fraction of sp³-hybridized carbons (Fsp3) is 0.750. The molecule has 0 radical (unpaired) electrons. The number of hydrogen-bond donors (Lipinski definition) is 1. The summed E-state index contributed by atoms with van der Waals surface area (Å²) in [5, 5.41) is 8.00. The van der Waals surface area contributed by atoms with Crippen LogP contribution in [0.1, 0.15) is 36.6 Å². The quantitative estimate of drug-likeness (QED) is 0.697. The summed E-state index contributed by atoms with van der Waals surface area (Å²) in [6.07, 6.45) is 3.88. The second-order valence-electron chi connectivity index (χ2n) is 3.38. The average molecular weight is 166 g/mol. The molecule has 1 aliphatic carbocycles. The molecule has 1 saturated carbocycles. The topological polar surface area (TPSA) is 56.7 Å². The lowest BCUT2D eigenvalue weighted by Crippen LogP contribution is -2.16. The molecule has 4 nitrogen and oxygen atoms in total. The molecule has 0 atom stereocenters. The van der Waals surface area contributed by atoms with E-state index in [1.165, 1.54) is 25.0 Å². The summed E-state index contributed by atoms with van der Waals surface area (Å²) in [5.74, 6) is 0.670. The molecule has 0 unspecified atom stereocenters. The minimum atomic E-state index is 0.514. The maximum Gasteiger partial charge on any atom is 0.0997 e. The first-order valence-corrected chi connectivity index (χ1v) is 4.41. The van der Waals surface area contributed by atoms with Crippen LogP contribution in [0, 0.1) is 0 Å². The Hall–Kier alpha value is -0.900. The van der Waals surface area contributed by atoms with Crippen molar-refractivity contribution in [2.24, 2.45) is 12.8 Å². The zero-order valence-corrected chi connectivity index (χ0v) is 7.32. The molecule has 0 spiro atoms. The van der Waals surface area contributed by atoms with Gasteiger partial charge < -0.3 is 5.73 Å². The Labute approximate surface area is 71.8 Å². The Morgan fingerprint density at radius 1 is 1.58 bits per heavy atom. The number of nitrogens with two attached hydrogens (primary N) is 1. The fourth-order valence-electron chi connectivity index (χ4n) is 1.73. The lowest BCUT2D eigenvalue weighted by atomic mass is 9.82. The van der Waals surface area contributed by atoms with Gasteiger partial charge in [-0.25, -0.2) is 0 Å². The summed E-state index contributed by atoms with van der Waals surface area (Å²) >= 11 is 0. The molecule has 4 heteroatoms. The minimum absolute atomic E-state index is 0.514. The molecule has 0 amide bonds. The van der Waals surface area contributed by atoms with Gasteiger partial charge in [0.2, 0.25) is 0 Å². The number of rotatable bonds is 2. The normalized spacial score (nSPS) is 17.8. The van der Waals surface area contributed by atoms with E-state index >= 15 is 0 Å². The Kier molecular flexibility index (Phi) is 1.84. The number of hydrogen-bond acceptors (Lipinski definition) is 3. The predicted octanol–water partition coefficient (Wildman–Crippen LogP) is 0.541. The Morgan fingerprint density at radius 2 is 2.33 bits per heavy atom. The number of nitrogens with zero attached hydrogens (tertiary/aromatic N) is 3. The molecule has 0 bridgehead atoms. The third kappa shape index (κ3) is 1.03. The van der Waals surface area contributed by atoms with E-state index in [1.807, 2.05) is 11.7 Å². The smallest absolute Gasteiger partial charge is 0.0997 e. The molecule has 2 rings (SSSR count). The van der Waals surface area contributed by atoms with Crippen molar-refractivity contribution in [1.29, 1.82) is 0 Å². The standard InChI is InChI=1S/C8H14N4/c1-12-8(6-3-2-4-6)7(5-9)10-11-12/h6H,2-5,9H2,1H3. The fourth-order valence-corrected chi connectivity index (χ4v) is 1.73. The van der Waals surface area contributed by atoms with E-state index in [9.17, 15) is 0 Å². The number of aromatic nitrogens is 3. The van der Waals surface area contributed by atoms with Crippen molar-refractivity contribution in [3.63, 3.8) is 0 Å². The molecule has 0 saturated heterocycles. The predicted molar refractivity (Wildman–Crippen MR) is 45.5 cm³/mol. The summed E-state index contributed by atoms with van der Waals surface area (Å²) < 4.78 is 1.87. The second-order valence-corrected chi connectivity index (χ2v) is 3.38. The summed E-state index contributed by atoms with van der Waals surface area (Å²) in [7, 11) is 1.94. The highest BCUT2D eigenvalue weighted by molar-refractivity contribution is 5.17. The van der Waals surface area contributed by atoms with Crippen LogP contribution >= 0.6 is 0 Å². The van der Waals surface area contributed by atoms with Crippen LogP contribution in [-0.4, -0.2) is 15.0 Å². The van der Waals surface area contributed by atoms with E-state index < -0.39 is 0 Å². The molecule has 12 heavy (non-hydrogen) atoms. The second kappa shape index (κ2) is 2.86. The Morgan fingerprint density at radius 3 is 2.83 bits per heavy atom. The van der Waals surface area contributed by atoms with Crippen molar-refractivity contribution in [2.45, 2.75) is 31.7 Å². The van der Waals surface area contributed by atoms with Gasteiger partial charge in [0.25, 0.3) is 0 Å². The van der Waals surface area contributed by atoms with Crippen LogP contribution in [-0.2, 0) is 13.6 Å². The first-order valence-electron chi connectivity index (χ1n) is 4.41. The summed E-state index contributed by atoms with van der Waals surface area (Å²) in [5.41, 5.74) is 7.79. The van der Waals surface area contributed by atoms with E-state index in [1.54, 1.807) is 0 Å². The van der Waals surface area contributed by atoms with Crippen LogP contribution in [0.2, 0.25) is 0 Å². The zero-order chi connectivity index (χ0) is 8.55. The third-order valence-corrected chi connectivity index (χ3v) is 2.63. The Bertz CT molecular complexity index is 275. The minimum Gasteiger partial charge on any atom is -0.325 e. The molecule has 1 heterocycles. The van der Waals surface area contributed by atoms with Gasteiger partial charge in [-0.2, -0.15) is 0 Å². The van der Waals surface area contributed by atoms with E-state index in [4.69, 9.17) is 5.73 Å². The van der Waals surface area contributed by atoms with Crippen LogP contribution < -0.4 is 5.73 Å². The van der Waals surface area contributed by atoms with Crippen LogP contribution in [0.5, 0.6) is 0 Å². The molecule has 1 aromatic heterocycles. The highest BCUT2D eigenvalue weighted by Gasteiger charge is 2.25. The first-order chi connectivity index (χ1) is 5.83. The van der Waals surface area contributed by atoms with Gasteiger partial charge in [-0.05, 0) is 12.8 Å². The molecular formula is C8H14N4. The molecule has 0 aliphatic heterocycles. The van der Waals surface area contributed by atoms with Crippen LogP contribution in [0.3, 0.4) is 0 Å². The summed E-state index contributed by atoms with van der Waals surface area (Å²) in [6, 6.07) is 0. The molecule has 1 aliphatic rings. The highest BCUT2D eigenvalue weighted by Crippen LogP contribution is 2.36. The van der Waals surface area contributed by atoms with Crippen molar-refractivity contribution in [3.8, 4) is 0 Å². The zero-order valence-electron chi connectivity index (χ0n) is 7.32. The van der Waals surface area contributed by atoms with Gasteiger partial charge >= 0.3 is 0 Å². The van der Waals surface area contributed by atoms with E-state index in [-0.39, 0.29) is 0 Å². The van der Waals surface area contributed by atoms with Gasteiger partial charge in [-0.3, -0.25) is 4.68 Å². The van der Waals surface area contributed by atoms with Crippen molar-refractivity contribution in [2.75, 3.05) is 0 Å². The van der Waals surface area contributed by atoms with Gasteiger partial charge in [-0.1, -0.05) is 11.6 Å². The maximum absolute atomic E-state index is 5.56. The molecule has 1 aromatic rings. The monoisotopic (exact) mass is 166 g/mol. The summed E-state index contributed by atoms with van der Waals surface area (Å²) in [6.45, 7) is 0.514. The first kappa shape index (κ1) is 7.73. The van der Waals surface area contributed by atoms with E-state index in [2.05, 4.69) is 10.3 Å². The molecule has 0 aromatic carbocycles. The largest absolute Gasteiger partial charge is 0.325 e.